The van der Waals surface area contributed by atoms with E-state index >= 15 is 0 Å². The fourth-order valence-electron chi connectivity index (χ4n) is 2.84. The molecule has 0 radical (unpaired) electrons. The highest BCUT2D eigenvalue weighted by Crippen LogP contribution is 2.31. The Morgan fingerprint density at radius 3 is 2.71 bits per heavy atom. The van der Waals surface area contributed by atoms with Gasteiger partial charge in [-0.05, 0) is 46.8 Å². The van der Waals surface area contributed by atoms with Crippen LogP contribution in [0.15, 0.2) is 60.0 Å². The van der Waals surface area contributed by atoms with Crippen LogP contribution < -0.4 is 10.6 Å². The first-order valence-electron chi connectivity index (χ1n) is 8.84. The maximum Gasteiger partial charge on any atom is 0.337 e. The zero-order valence-electron chi connectivity index (χ0n) is 15.1. The Kier molecular flexibility index (Phi) is 7.06. The van der Waals surface area contributed by atoms with Gasteiger partial charge < -0.3 is 20.8 Å². The molecule has 0 fully saturated rings. The first kappa shape index (κ1) is 20.4. The second-order valence-corrected chi connectivity index (χ2v) is 7.60. The standard InChI is InChI=1S/C21H21ClN2O3S/c22-16-5-1-3-14(11-16)19(25)13-23-8-9-24-17-6-2-4-15(12-17)20-18(21(26)27)7-10-28-20/h1-7,10-12,19,23-25H,8-9,13H2,(H,26,27)/t19-/m1/s1. The van der Waals surface area contributed by atoms with Crippen LogP contribution in [0.4, 0.5) is 5.69 Å². The van der Waals surface area contributed by atoms with Crippen molar-refractivity contribution >= 4 is 34.6 Å². The monoisotopic (exact) mass is 416 g/mol. The van der Waals surface area contributed by atoms with Crippen LogP contribution in [0.25, 0.3) is 10.4 Å². The number of aliphatic hydroxyl groups excluding tert-OH is 1. The van der Waals surface area contributed by atoms with Crippen LogP contribution in [0.5, 0.6) is 0 Å². The smallest absolute Gasteiger partial charge is 0.337 e. The second-order valence-electron chi connectivity index (χ2n) is 6.25. The summed E-state index contributed by atoms with van der Waals surface area (Å²) in [5.74, 6) is -0.919. The normalized spacial score (nSPS) is 11.9. The lowest BCUT2D eigenvalue weighted by molar-refractivity contribution is 0.0698. The summed E-state index contributed by atoms with van der Waals surface area (Å²) in [7, 11) is 0. The van der Waals surface area contributed by atoms with E-state index in [1.807, 2.05) is 36.4 Å². The molecule has 0 aliphatic carbocycles. The van der Waals surface area contributed by atoms with Crippen LogP contribution in [0, 0.1) is 0 Å². The van der Waals surface area contributed by atoms with Gasteiger partial charge in [-0.2, -0.15) is 0 Å². The van der Waals surface area contributed by atoms with Crippen molar-refractivity contribution in [1.82, 2.24) is 5.32 Å². The molecule has 5 nitrogen and oxygen atoms in total. The molecule has 1 heterocycles. The molecule has 0 bridgehead atoms. The SMILES string of the molecule is O=C(O)c1ccsc1-c1cccc(NCCNC[C@@H](O)c2cccc(Cl)c2)c1. The topological polar surface area (TPSA) is 81.6 Å². The van der Waals surface area contributed by atoms with Gasteiger partial charge in [0.1, 0.15) is 0 Å². The van der Waals surface area contributed by atoms with Gasteiger partial charge in [-0.1, -0.05) is 35.9 Å². The van der Waals surface area contributed by atoms with Crippen LogP contribution in [-0.4, -0.2) is 35.8 Å². The summed E-state index contributed by atoms with van der Waals surface area (Å²) in [5.41, 5.74) is 2.89. The van der Waals surface area contributed by atoms with Gasteiger partial charge in [0.05, 0.1) is 11.7 Å². The highest BCUT2D eigenvalue weighted by atomic mass is 35.5. The zero-order valence-corrected chi connectivity index (χ0v) is 16.6. The Hall–Kier alpha value is -2.38. The Labute approximate surface area is 172 Å². The molecule has 0 saturated heterocycles. The van der Waals surface area contributed by atoms with Gasteiger partial charge in [0.15, 0.2) is 0 Å². The Morgan fingerprint density at radius 2 is 1.93 bits per heavy atom. The van der Waals surface area contributed by atoms with Gasteiger partial charge >= 0.3 is 5.97 Å². The van der Waals surface area contributed by atoms with Crippen molar-refractivity contribution in [2.45, 2.75) is 6.10 Å². The number of thiophene rings is 1. The van der Waals surface area contributed by atoms with Crippen molar-refractivity contribution in [3.05, 3.63) is 76.1 Å². The highest BCUT2D eigenvalue weighted by molar-refractivity contribution is 7.14. The van der Waals surface area contributed by atoms with Crippen molar-refractivity contribution in [3.63, 3.8) is 0 Å². The average Bonchev–Trinajstić information content (AvgIpc) is 3.18. The van der Waals surface area contributed by atoms with Gasteiger partial charge in [0.25, 0.3) is 0 Å². The summed E-state index contributed by atoms with van der Waals surface area (Å²) in [6, 6.07) is 16.5. The number of aliphatic hydroxyl groups is 1. The lowest BCUT2D eigenvalue weighted by Crippen LogP contribution is -2.26. The molecule has 1 aromatic heterocycles. The van der Waals surface area contributed by atoms with Crippen molar-refractivity contribution in [1.29, 1.82) is 0 Å². The molecule has 4 N–H and O–H groups in total. The molecule has 0 amide bonds. The molecule has 0 saturated carbocycles. The molecule has 3 aromatic rings. The summed E-state index contributed by atoms with van der Waals surface area (Å²) in [6.45, 7) is 1.77. The van der Waals surface area contributed by atoms with E-state index < -0.39 is 12.1 Å². The summed E-state index contributed by atoms with van der Waals surface area (Å²) >= 11 is 7.36. The van der Waals surface area contributed by atoms with Crippen molar-refractivity contribution < 1.29 is 15.0 Å². The van der Waals surface area contributed by atoms with Crippen LogP contribution in [0.1, 0.15) is 22.0 Å². The molecule has 0 spiro atoms. The van der Waals surface area contributed by atoms with Gasteiger partial charge in [0, 0.05) is 35.2 Å². The van der Waals surface area contributed by atoms with Gasteiger partial charge in [0.2, 0.25) is 0 Å². The highest BCUT2D eigenvalue weighted by Gasteiger charge is 2.13. The third kappa shape index (κ3) is 5.33. The third-order valence-corrected chi connectivity index (χ3v) is 5.42. The largest absolute Gasteiger partial charge is 0.478 e. The molecular weight excluding hydrogens is 396 g/mol. The number of hydrogen-bond donors (Lipinski definition) is 4. The maximum absolute atomic E-state index is 11.3. The minimum absolute atomic E-state index is 0.318. The number of hydrogen-bond acceptors (Lipinski definition) is 5. The average molecular weight is 417 g/mol. The molecule has 2 aromatic carbocycles. The Morgan fingerprint density at radius 1 is 1.11 bits per heavy atom. The first-order chi connectivity index (χ1) is 13.5. The lowest BCUT2D eigenvalue weighted by atomic mass is 10.1. The van der Waals surface area contributed by atoms with E-state index in [9.17, 15) is 15.0 Å². The minimum atomic E-state index is -0.919. The molecular formula is C21H21ClN2O3S. The van der Waals surface area contributed by atoms with Crippen molar-refractivity contribution in [2.24, 2.45) is 0 Å². The van der Waals surface area contributed by atoms with Crippen LogP contribution in [0.2, 0.25) is 5.02 Å². The van der Waals surface area contributed by atoms with E-state index in [2.05, 4.69) is 10.6 Å². The summed E-state index contributed by atoms with van der Waals surface area (Å²) in [4.78, 5) is 12.1. The van der Waals surface area contributed by atoms with Crippen molar-refractivity contribution in [3.8, 4) is 10.4 Å². The maximum atomic E-state index is 11.3. The first-order valence-corrected chi connectivity index (χ1v) is 10.1. The molecule has 0 unspecified atom stereocenters. The number of carboxylic acids is 1. The molecule has 1 atom stereocenters. The molecule has 3 rings (SSSR count). The van der Waals surface area contributed by atoms with E-state index in [1.54, 1.807) is 23.6 Å². The number of carbonyl (C=O) groups is 1. The van der Waals surface area contributed by atoms with E-state index in [-0.39, 0.29) is 0 Å². The number of anilines is 1. The quantitative estimate of drug-likeness (QED) is 0.386. The fourth-order valence-corrected chi connectivity index (χ4v) is 3.92. The molecule has 28 heavy (non-hydrogen) atoms. The van der Waals surface area contributed by atoms with Crippen LogP contribution in [-0.2, 0) is 0 Å². The predicted molar refractivity (Wildman–Crippen MR) is 114 cm³/mol. The number of carboxylic acid groups (broad SMARTS) is 1. The van der Waals surface area contributed by atoms with Crippen LogP contribution >= 0.6 is 22.9 Å². The summed E-state index contributed by atoms with van der Waals surface area (Å²) < 4.78 is 0. The number of nitrogens with one attached hydrogen (secondary N) is 2. The number of aromatic carboxylic acids is 1. The van der Waals surface area contributed by atoms with E-state index in [0.29, 0.717) is 30.2 Å². The minimum Gasteiger partial charge on any atom is -0.478 e. The lowest BCUT2D eigenvalue weighted by Gasteiger charge is -2.13. The van der Waals surface area contributed by atoms with E-state index in [4.69, 9.17) is 11.6 Å². The summed E-state index contributed by atoms with van der Waals surface area (Å²) in [6.07, 6.45) is -0.615. The number of benzene rings is 2. The van der Waals surface area contributed by atoms with E-state index in [1.165, 1.54) is 11.3 Å². The van der Waals surface area contributed by atoms with Gasteiger partial charge in [-0.25, -0.2) is 4.79 Å². The molecule has 7 heteroatoms. The van der Waals surface area contributed by atoms with E-state index in [0.717, 1.165) is 21.7 Å². The third-order valence-electron chi connectivity index (χ3n) is 4.22. The second kappa shape index (κ2) is 9.71. The zero-order chi connectivity index (χ0) is 19.9. The number of halogens is 1. The Balaban J connectivity index is 1.49. The summed E-state index contributed by atoms with van der Waals surface area (Å²) in [5, 5.41) is 28.4. The van der Waals surface area contributed by atoms with Crippen molar-refractivity contribution in [2.75, 3.05) is 25.0 Å². The molecule has 0 aliphatic heterocycles. The predicted octanol–water partition coefficient (Wildman–Crippen LogP) is 4.50. The molecule has 146 valence electrons. The Bertz CT molecular complexity index is 945. The number of rotatable bonds is 9. The van der Waals surface area contributed by atoms with Gasteiger partial charge in [-0.3, -0.25) is 0 Å². The van der Waals surface area contributed by atoms with Crippen LogP contribution in [0.3, 0.4) is 0 Å². The fraction of sp³-hybridized carbons (Fsp3) is 0.190. The molecule has 0 aliphatic rings. The van der Waals surface area contributed by atoms with Gasteiger partial charge in [-0.15, -0.1) is 11.3 Å².